The highest BCUT2D eigenvalue weighted by Gasteiger charge is 2.46. The number of β-amino-alcohol motifs (C(OH)–C–C–N with tert-alkyl or cyclic N) is 1. The van der Waals surface area contributed by atoms with Gasteiger partial charge in [0.2, 0.25) is 5.91 Å². The van der Waals surface area contributed by atoms with Crippen LogP contribution in [0.15, 0.2) is 0 Å². The molecule has 3 fully saturated rings. The highest BCUT2D eigenvalue weighted by molar-refractivity contribution is 5.73. The summed E-state index contributed by atoms with van der Waals surface area (Å²) in [5, 5.41) is 10.5. The molecule has 0 aromatic heterocycles. The molecule has 0 radical (unpaired) electrons. The maximum absolute atomic E-state index is 11.4. The molecule has 3 rings (SSSR count). The molecule has 20 heavy (non-hydrogen) atoms. The Bertz CT molecular complexity index is 360. The summed E-state index contributed by atoms with van der Waals surface area (Å²) in [4.78, 5) is 15.7. The molecule has 1 N–H and O–H groups in total. The molecule has 3 heterocycles. The maximum Gasteiger partial charge on any atom is 0.219 e. The maximum atomic E-state index is 11.4. The minimum atomic E-state index is -0.357. The van der Waals surface area contributed by atoms with Gasteiger partial charge in [0.05, 0.1) is 11.7 Å². The van der Waals surface area contributed by atoms with Gasteiger partial charge in [-0.2, -0.15) is 0 Å². The second-order valence-corrected chi connectivity index (χ2v) is 6.51. The average Bonchev–Trinajstić information content (AvgIpc) is 2.92. The number of carbonyl (C=O) groups excluding carboxylic acids is 1. The number of rotatable bonds is 1. The van der Waals surface area contributed by atoms with Crippen molar-refractivity contribution in [1.82, 2.24) is 9.80 Å². The average molecular weight is 282 g/mol. The van der Waals surface area contributed by atoms with Crippen molar-refractivity contribution in [1.29, 1.82) is 0 Å². The molecule has 1 amide bonds. The van der Waals surface area contributed by atoms with Gasteiger partial charge in [0.15, 0.2) is 0 Å². The lowest BCUT2D eigenvalue weighted by Crippen LogP contribution is -2.58. The third kappa shape index (κ3) is 2.59. The van der Waals surface area contributed by atoms with Crippen molar-refractivity contribution >= 4 is 5.91 Å². The summed E-state index contributed by atoms with van der Waals surface area (Å²) in [5.74, 6) is 0.181. The summed E-state index contributed by atoms with van der Waals surface area (Å²) in [6.07, 6.45) is 4.73. The van der Waals surface area contributed by atoms with Gasteiger partial charge in [-0.25, -0.2) is 0 Å². The molecule has 5 heteroatoms. The van der Waals surface area contributed by atoms with Crippen molar-refractivity contribution in [3.63, 3.8) is 0 Å². The van der Waals surface area contributed by atoms with Crippen LogP contribution in [0.4, 0.5) is 0 Å². The summed E-state index contributed by atoms with van der Waals surface area (Å²) in [6, 6.07) is 0.513. The second kappa shape index (κ2) is 5.62. The molecule has 0 aromatic carbocycles. The molecular weight excluding hydrogens is 256 g/mol. The molecule has 0 aliphatic carbocycles. The van der Waals surface area contributed by atoms with Crippen LogP contribution in [0.2, 0.25) is 0 Å². The fourth-order valence-corrected chi connectivity index (χ4v) is 4.04. The van der Waals surface area contributed by atoms with Crippen LogP contribution in [-0.2, 0) is 9.53 Å². The number of hydrogen-bond acceptors (Lipinski definition) is 4. The molecule has 0 saturated carbocycles. The van der Waals surface area contributed by atoms with Crippen molar-refractivity contribution in [3.8, 4) is 0 Å². The van der Waals surface area contributed by atoms with E-state index in [1.54, 1.807) is 6.92 Å². The van der Waals surface area contributed by atoms with Gasteiger partial charge in [0.1, 0.15) is 0 Å². The van der Waals surface area contributed by atoms with E-state index in [2.05, 4.69) is 4.90 Å². The fourth-order valence-electron chi connectivity index (χ4n) is 4.04. The molecule has 3 saturated heterocycles. The molecule has 0 unspecified atom stereocenters. The second-order valence-electron chi connectivity index (χ2n) is 6.51. The molecule has 114 valence electrons. The summed E-state index contributed by atoms with van der Waals surface area (Å²) in [7, 11) is 0. The third-order valence-electron chi connectivity index (χ3n) is 5.40. The number of nitrogens with zero attached hydrogens (tertiary/aromatic N) is 2. The van der Waals surface area contributed by atoms with Gasteiger partial charge in [-0.1, -0.05) is 0 Å². The Morgan fingerprint density at radius 1 is 1.25 bits per heavy atom. The zero-order valence-electron chi connectivity index (χ0n) is 12.4. The first kappa shape index (κ1) is 14.3. The van der Waals surface area contributed by atoms with Crippen LogP contribution in [0.5, 0.6) is 0 Å². The van der Waals surface area contributed by atoms with Crippen molar-refractivity contribution < 1.29 is 14.6 Å². The number of aliphatic hydroxyl groups is 1. The lowest BCUT2D eigenvalue weighted by atomic mass is 9.84. The fraction of sp³-hybridized carbons (Fsp3) is 0.933. The Kier molecular flexibility index (Phi) is 4.02. The third-order valence-corrected chi connectivity index (χ3v) is 5.40. The van der Waals surface area contributed by atoms with Crippen molar-refractivity contribution in [2.75, 3.05) is 32.8 Å². The van der Waals surface area contributed by atoms with Crippen LogP contribution in [0.3, 0.4) is 0 Å². The normalized spacial score (nSPS) is 36.7. The van der Waals surface area contributed by atoms with Gasteiger partial charge >= 0.3 is 0 Å². The summed E-state index contributed by atoms with van der Waals surface area (Å²) < 4.78 is 5.85. The van der Waals surface area contributed by atoms with Gasteiger partial charge < -0.3 is 14.7 Å². The van der Waals surface area contributed by atoms with Crippen LogP contribution in [0, 0.1) is 0 Å². The van der Waals surface area contributed by atoms with Gasteiger partial charge in [-0.15, -0.1) is 0 Å². The Labute approximate surface area is 120 Å². The molecule has 0 aromatic rings. The Morgan fingerprint density at radius 3 is 2.55 bits per heavy atom. The van der Waals surface area contributed by atoms with Gasteiger partial charge in [0, 0.05) is 45.8 Å². The zero-order valence-corrected chi connectivity index (χ0v) is 12.4. The monoisotopic (exact) mass is 282 g/mol. The number of amides is 1. The van der Waals surface area contributed by atoms with E-state index >= 15 is 0 Å². The Balaban J connectivity index is 1.54. The van der Waals surface area contributed by atoms with E-state index in [0.717, 1.165) is 64.9 Å². The van der Waals surface area contributed by atoms with Crippen LogP contribution in [0.25, 0.3) is 0 Å². The number of piperidine rings is 2. The van der Waals surface area contributed by atoms with Crippen LogP contribution in [0.1, 0.15) is 39.0 Å². The SMILES string of the molecule is CC(=O)N1CCC(N2CC[C@@]3(CCCO3)[C@@H](O)C2)CC1. The summed E-state index contributed by atoms with van der Waals surface area (Å²) in [5.41, 5.74) is -0.253. The van der Waals surface area contributed by atoms with Crippen molar-refractivity contribution in [2.24, 2.45) is 0 Å². The smallest absolute Gasteiger partial charge is 0.219 e. The number of hydrogen-bond donors (Lipinski definition) is 1. The van der Waals surface area contributed by atoms with Gasteiger partial charge in [-0.3, -0.25) is 9.69 Å². The highest BCUT2D eigenvalue weighted by Crippen LogP contribution is 2.37. The Hall–Kier alpha value is -0.650. The lowest BCUT2D eigenvalue weighted by Gasteiger charge is -2.47. The van der Waals surface area contributed by atoms with E-state index in [-0.39, 0.29) is 17.6 Å². The summed E-state index contributed by atoms with van der Waals surface area (Å²) >= 11 is 0. The van der Waals surface area contributed by atoms with Crippen LogP contribution in [-0.4, -0.2) is 71.3 Å². The van der Waals surface area contributed by atoms with Gasteiger partial charge in [-0.05, 0) is 32.1 Å². The topological polar surface area (TPSA) is 53.0 Å². The molecule has 5 nitrogen and oxygen atoms in total. The highest BCUT2D eigenvalue weighted by atomic mass is 16.5. The number of likely N-dealkylation sites (tertiary alicyclic amines) is 2. The Morgan fingerprint density at radius 2 is 2.00 bits per heavy atom. The first-order chi connectivity index (χ1) is 9.61. The van der Waals surface area contributed by atoms with E-state index < -0.39 is 0 Å². The number of ether oxygens (including phenoxy) is 1. The summed E-state index contributed by atoms with van der Waals surface area (Å²) in [6.45, 7) is 5.90. The standard InChI is InChI=1S/C15H26N2O3/c1-12(18)16-7-3-13(4-8-16)17-9-6-15(14(19)11-17)5-2-10-20-15/h13-14,19H,2-11H2,1H3/t14-,15-/m0/s1. The van der Waals surface area contributed by atoms with E-state index in [0.29, 0.717) is 6.04 Å². The predicted molar refractivity (Wildman–Crippen MR) is 75.4 cm³/mol. The van der Waals surface area contributed by atoms with E-state index in [1.807, 2.05) is 4.90 Å². The zero-order chi connectivity index (χ0) is 14.2. The van der Waals surface area contributed by atoms with Crippen molar-refractivity contribution in [2.45, 2.75) is 56.8 Å². The predicted octanol–water partition coefficient (Wildman–Crippen LogP) is 0.613. The molecule has 0 bridgehead atoms. The molecule has 2 atom stereocenters. The van der Waals surface area contributed by atoms with E-state index in [9.17, 15) is 9.90 Å². The number of aliphatic hydroxyl groups excluding tert-OH is 1. The minimum absolute atomic E-state index is 0.181. The largest absolute Gasteiger partial charge is 0.389 e. The quantitative estimate of drug-likeness (QED) is 0.766. The van der Waals surface area contributed by atoms with Crippen LogP contribution >= 0.6 is 0 Å². The van der Waals surface area contributed by atoms with E-state index in [4.69, 9.17) is 4.74 Å². The lowest BCUT2D eigenvalue weighted by molar-refractivity contribution is -0.140. The molecule has 3 aliphatic rings. The molecule has 1 spiro atoms. The van der Waals surface area contributed by atoms with E-state index in [1.165, 1.54) is 0 Å². The molecular formula is C15H26N2O3. The first-order valence-electron chi connectivity index (χ1n) is 7.92. The minimum Gasteiger partial charge on any atom is -0.389 e. The van der Waals surface area contributed by atoms with Crippen molar-refractivity contribution in [3.05, 3.63) is 0 Å². The molecule has 3 aliphatic heterocycles. The number of carbonyl (C=O) groups is 1. The first-order valence-corrected chi connectivity index (χ1v) is 7.92. The van der Waals surface area contributed by atoms with Gasteiger partial charge in [0.25, 0.3) is 0 Å². The van der Waals surface area contributed by atoms with Crippen LogP contribution < -0.4 is 0 Å².